The lowest BCUT2D eigenvalue weighted by atomic mass is 10.1. The Balaban J connectivity index is 2.03. The Kier molecular flexibility index (Phi) is 2.97. The highest BCUT2D eigenvalue weighted by Gasteiger charge is 2.05. The minimum absolute atomic E-state index is 0.991. The normalized spacial score (nSPS) is 11.4. The predicted octanol–water partition coefficient (Wildman–Crippen LogP) is 3.77. The summed E-state index contributed by atoms with van der Waals surface area (Å²) in [6.45, 7) is 3.22. The number of hydrogen-bond donors (Lipinski definition) is 0. The molecule has 92 valence electrons. The van der Waals surface area contributed by atoms with E-state index in [2.05, 4.69) is 40.0 Å². The molecule has 0 spiro atoms. The second-order valence-corrected chi connectivity index (χ2v) is 4.67. The number of rotatable bonds is 4. The summed E-state index contributed by atoms with van der Waals surface area (Å²) < 4.78 is 2.05. The highest BCUT2D eigenvalue weighted by Crippen LogP contribution is 2.22. The summed E-state index contributed by atoms with van der Waals surface area (Å²) in [5.41, 5.74) is 2.03. The van der Waals surface area contributed by atoms with Gasteiger partial charge in [-0.25, -0.2) is 0 Å². The minimum atomic E-state index is 0.991. The summed E-state index contributed by atoms with van der Waals surface area (Å²) in [4.78, 5) is 4.44. The van der Waals surface area contributed by atoms with Crippen molar-refractivity contribution in [3.63, 3.8) is 0 Å². The first-order valence-corrected chi connectivity index (χ1v) is 6.59. The van der Waals surface area contributed by atoms with Gasteiger partial charge in [0.1, 0.15) is 5.52 Å². The molecule has 0 amide bonds. The van der Waals surface area contributed by atoms with Crippen LogP contribution in [-0.2, 0) is 6.54 Å². The Morgan fingerprint density at radius 1 is 1.06 bits per heavy atom. The van der Waals surface area contributed by atoms with Gasteiger partial charge in [0.15, 0.2) is 0 Å². The van der Waals surface area contributed by atoms with Crippen LogP contribution in [0.3, 0.4) is 0 Å². The molecule has 0 aliphatic carbocycles. The van der Waals surface area contributed by atoms with E-state index in [0.717, 1.165) is 17.6 Å². The molecule has 0 aliphatic rings. The number of fused-ring (bicyclic) bond motifs is 3. The van der Waals surface area contributed by atoms with Crippen LogP contribution in [0.25, 0.3) is 21.8 Å². The average Bonchev–Trinajstić information content (AvgIpc) is 2.82. The van der Waals surface area contributed by atoms with E-state index in [1.807, 2.05) is 18.3 Å². The van der Waals surface area contributed by atoms with Crippen molar-refractivity contribution in [2.45, 2.75) is 32.7 Å². The number of nitrogens with zero attached hydrogens (tertiary/aromatic N) is 3. The van der Waals surface area contributed by atoms with Gasteiger partial charge in [0.25, 0.3) is 0 Å². The molecule has 0 unspecified atom stereocenters. The molecule has 3 heteroatoms. The fourth-order valence-electron chi connectivity index (χ4n) is 2.32. The van der Waals surface area contributed by atoms with Crippen LogP contribution in [0, 0.1) is 0 Å². The van der Waals surface area contributed by atoms with Gasteiger partial charge in [-0.05, 0) is 12.5 Å². The smallest absolute Gasteiger partial charge is 0.111 e. The number of benzene rings is 1. The van der Waals surface area contributed by atoms with Gasteiger partial charge >= 0.3 is 0 Å². The summed E-state index contributed by atoms with van der Waals surface area (Å²) in [5.74, 6) is 0. The van der Waals surface area contributed by atoms with Gasteiger partial charge < -0.3 is 0 Å². The lowest BCUT2D eigenvalue weighted by Crippen LogP contribution is -1.97. The second-order valence-electron chi connectivity index (χ2n) is 4.67. The third-order valence-corrected chi connectivity index (χ3v) is 3.30. The zero-order chi connectivity index (χ0) is 12.4. The molecule has 0 fully saturated rings. The van der Waals surface area contributed by atoms with Gasteiger partial charge in [-0.1, -0.05) is 38.0 Å². The van der Waals surface area contributed by atoms with Crippen LogP contribution in [0.5, 0.6) is 0 Å². The van der Waals surface area contributed by atoms with Crippen LogP contribution in [0.4, 0.5) is 0 Å². The van der Waals surface area contributed by atoms with Crippen LogP contribution >= 0.6 is 0 Å². The third-order valence-electron chi connectivity index (χ3n) is 3.30. The van der Waals surface area contributed by atoms with Crippen LogP contribution < -0.4 is 0 Å². The number of unbranched alkanes of at least 4 members (excludes halogenated alkanes) is 2. The Labute approximate surface area is 106 Å². The van der Waals surface area contributed by atoms with Crippen molar-refractivity contribution < 1.29 is 0 Å². The number of hydrogen-bond acceptors (Lipinski definition) is 2. The van der Waals surface area contributed by atoms with Crippen LogP contribution in [-0.4, -0.2) is 14.8 Å². The zero-order valence-corrected chi connectivity index (χ0v) is 10.6. The Hall–Kier alpha value is -1.90. The average molecular weight is 239 g/mol. The molecule has 0 saturated carbocycles. The molecule has 0 aliphatic heterocycles. The second kappa shape index (κ2) is 4.77. The zero-order valence-electron chi connectivity index (χ0n) is 10.6. The SMILES string of the molecule is CCCCCn1cc2c(cnc3ccccc32)n1. The van der Waals surface area contributed by atoms with Crippen molar-refractivity contribution in [2.24, 2.45) is 0 Å². The first kappa shape index (κ1) is 11.2. The number of pyridine rings is 1. The highest BCUT2D eigenvalue weighted by atomic mass is 15.3. The van der Waals surface area contributed by atoms with Crippen LogP contribution in [0.1, 0.15) is 26.2 Å². The van der Waals surface area contributed by atoms with Gasteiger partial charge in [0.05, 0.1) is 11.7 Å². The Bertz CT molecular complexity index is 670. The molecule has 2 heterocycles. The maximum Gasteiger partial charge on any atom is 0.111 e. The highest BCUT2D eigenvalue weighted by molar-refractivity contribution is 6.03. The van der Waals surface area contributed by atoms with E-state index in [1.165, 1.54) is 30.0 Å². The molecule has 3 rings (SSSR count). The summed E-state index contributed by atoms with van der Waals surface area (Å²) in [5, 5.41) is 6.99. The van der Waals surface area contributed by atoms with E-state index < -0.39 is 0 Å². The molecular formula is C15H17N3. The summed E-state index contributed by atoms with van der Waals surface area (Å²) in [6, 6.07) is 8.23. The van der Waals surface area contributed by atoms with E-state index in [1.54, 1.807) is 0 Å². The lowest BCUT2D eigenvalue weighted by molar-refractivity contribution is 0.557. The van der Waals surface area contributed by atoms with Gasteiger partial charge in [-0.15, -0.1) is 0 Å². The molecule has 0 bridgehead atoms. The Morgan fingerprint density at radius 3 is 2.83 bits per heavy atom. The van der Waals surface area contributed by atoms with Crippen LogP contribution in [0.15, 0.2) is 36.7 Å². The largest absolute Gasteiger partial charge is 0.271 e. The molecule has 0 atom stereocenters. The first-order chi connectivity index (χ1) is 8.88. The minimum Gasteiger partial charge on any atom is -0.271 e. The fraction of sp³-hybridized carbons (Fsp3) is 0.333. The van der Waals surface area contributed by atoms with E-state index >= 15 is 0 Å². The quantitative estimate of drug-likeness (QED) is 0.649. The van der Waals surface area contributed by atoms with Crippen molar-refractivity contribution >= 4 is 21.8 Å². The molecule has 1 aromatic carbocycles. The standard InChI is InChI=1S/C15H17N3/c1-2-3-6-9-18-11-13-12-7-4-5-8-14(12)16-10-15(13)17-18/h4-5,7-8,10-11H,2-3,6,9H2,1H3. The molecule has 0 radical (unpaired) electrons. The molecule has 3 nitrogen and oxygen atoms in total. The van der Waals surface area contributed by atoms with Crippen molar-refractivity contribution in [1.82, 2.24) is 14.8 Å². The maximum absolute atomic E-state index is 4.59. The maximum atomic E-state index is 4.59. The molecular weight excluding hydrogens is 222 g/mol. The number of aryl methyl sites for hydroxylation is 1. The predicted molar refractivity (Wildman–Crippen MR) is 74.6 cm³/mol. The first-order valence-electron chi connectivity index (χ1n) is 6.59. The van der Waals surface area contributed by atoms with Crippen molar-refractivity contribution in [2.75, 3.05) is 0 Å². The van der Waals surface area contributed by atoms with Crippen molar-refractivity contribution in [1.29, 1.82) is 0 Å². The Morgan fingerprint density at radius 2 is 1.94 bits per heavy atom. The molecule has 2 aromatic heterocycles. The monoisotopic (exact) mass is 239 g/mol. The van der Waals surface area contributed by atoms with Gasteiger partial charge in [0, 0.05) is 23.5 Å². The van der Waals surface area contributed by atoms with E-state index in [-0.39, 0.29) is 0 Å². The lowest BCUT2D eigenvalue weighted by Gasteiger charge is -1.98. The van der Waals surface area contributed by atoms with E-state index in [0.29, 0.717) is 0 Å². The molecule has 18 heavy (non-hydrogen) atoms. The van der Waals surface area contributed by atoms with Crippen molar-refractivity contribution in [3.05, 3.63) is 36.7 Å². The number of para-hydroxylation sites is 1. The van der Waals surface area contributed by atoms with E-state index in [4.69, 9.17) is 0 Å². The van der Waals surface area contributed by atoms with Gasteiger partial charge in [-0.3, -0.25) is 9.67 Å². The topological polar surface area (TPSA) is 30.7 Å². The fourth-order valence-corrected chi connectivity index (χ4v) is 2.32. The third kappa shape index (κ3) is 1.96. The van der Waals surface area contributed by atoms with Gasteiger partial charge in [-0.2, -0.15) is 5.10 Å². The molecule has 3 aromatic rings. The summed E-state index contributed by atoms with van der Waals surface area (Å²) in [7, 11) is 0. The molecule has 0 N–H and O–H groups in total. The van der Waals surface area contributed by atoms with Crippen molar-refractivity contribution in [3.8, 4) is 0 Å². The molecule has 0 saturated heterocycles. The van der Waals surface area contributed by atoms with Gasteiger partial charge in [0.2, 0.25) is 0 Å². The summed E-state index contributed by atoms with van der Waals surface area (Å²) in [6.07, 6.45) is 7.71. The number of aromatic nitrogens is 3. The van der Waals surface area contributed by atoms with E-state index in [9.17, 15) is 0 Å². The van der Waals surface area contributed by atoms with Crippen LogP contribution in [0.2, 0.25) is 0 Å². The summed E-state index contributed by atoms with van der Waals surface area (Å²) >= 11 is 0.